The molecule has 8 aromatic rings. The van der Waals surface area contributed by atoms with Gasteiger partial charge in [0.25, 0.3) is 0 Å². The Hall–Kier alpha value is -5.46. The Labute approximate surface area is 271 Å². The lowest BCUT2D eigenvalue weighted by Gasteiger charge is -2.23. The maximum absolute atomic E-state index is 2.45. The van der Waals surface area contributed by atoms with E-state index in [2.05, 4.69) is 185 Å². The molecule has 0 unspecified atom stereocenters. The molecule has 0 nitrogen and oxygen atoms in total. The van der Waals surface area contributed by atoms with E-state index in [0.717, 1.165) is 0 Å². The molecule has 0 aliphatic rings. The van der Waals surface area contributed by atoms with Crippen molar-refractivity contribution in [3.63, 3.8) is 0 Å². The van der Waals surface area contributed by atoms with Gasteiger partial charge >= 0.3 is 0 Å². The molecule has 0 spiro atoms. The molecule has 0 radical (unpaired) electrons. The van der Waals surface area contributed by atoms with Gasteiger partial charge in [-0.05, 0) is 99.9 Å². The monoisotopic (exact) mass is 588 g/mol. The summed E-state index contributed by atoms with van der Waals surface area (Å²) in [6.45, 7) is 6.91. The van der Waals surface area contributed by atoms with Crippen LogP contribution in [-0.4, -0.2) is 0 Å². The molecule has 0 aromatic heterocycles. The molecule has 0 heteroatoms. The Balaban J connectivity index is 1.39. The largest absolute Gasteiger partial charge is 0.0622 e. The fourth-order valence-corrected chi connectivity index (χ4v) is 7.01. The van der Waals surface area contributed by atoms with Crippen molar-refractivity contribution in [2.24, 2.45) is 0 Å². The summed E-state index contributed by atoms with van der Waals surface area (Å²) < 4.78 is 0. The molecular weight excluding hydrogens is 553 g/mol. The molecule has 0 saturated heterocycles. The molecule has 0 aliphatic carbocycles. The van der Waals surface area contributed by atoms with E-state index in [1.54, 1.807) is 0 Å². The van der Waals surface area contributed by atoms with Crippen LogP contribution in [0.25, 0.3) is 76.8 Å². The van der Waals surface area contributed by atoms with Crippen molar-refractivity contribution < 1.29 is 0 Å². The molecule has 8 aromatic carbocycles. The van der Waals surface area contributed by atoms with Crippen LogP contribution in [0.4, 0.5) is 0 Å². The molecule has 0 bridgehead atoms. The second kappa shape index (κ2) is 11.2. The van der Waals surface area contributed by atoms with Crippen LogP contribution < -0.4 is 0 Å². The minimum atomic E-state index is 0.0269. The summed E-state index contributed by atoms with van der Waals surface area (Å²) >= 11 is 0. The molecule has 0 heterocycles. The van der Waals surface area contributed by atoms with Gasteiger partial charge in [0, 0.05) is 0 Å². The summed E-state index contributed by atoms with van der Waals surface area (Å²) in [5.74, 6) is 0. The van der Waals surface area contributed by atoms with E-state index in [0.29, 0.717) is 0 Å². The Bertz CT molecular complexity index is 2370. The first-order chi connectivity index (χ1) is 22.5. The van der Waals surface area contributed by atoms with Gasteiger partial charge in [0.15, 0.2) is 0 Å². The van der Waals surface area contributed by atoms with E-state index >= 15 is 0 Å². The van der Waals surface area contributed by atoms with Crippen molar-refractivity contribution in [1.29, 1.82) is 0 Å². The highest BCUT2D eigenvalue weighted by Gasteiger charge is 2.21. The van der Waals surface area contributed by atoms with E-state index in [4.69, 9.17) is 0 Å². The van der Waals surface area contributed by atoms with Gasteiger partial charge in [-0.2, -0.15) is 0 Å². The molecular formula is C46H36. The highest BCUT2D eigenvalue weighted by atomic mass is 14.2. The summed E-state index contributed by atoms with van der Waals surface area (Å²) in [6.07, 6.45) is 0. The van der Waals surface area contributed by atoms with Crippen LogP contribution in [0, 0.1) is 0 Å². The third-order valence-electron chi connectivity index (χ3n) is 9.43. The number of hydrogen-bond donors (Lipinski definition) is 0. The van der Waals surface area contributed by atoms with Crippen molar-refractivity contribution in [1.82, 2.24) is 0 Å². The summed E-state index contributed by atoms with van der Waals surface area (Å²) in [5, 5.41) is 7.66. The SMILES string of the molecule is CC(C)(C)c1ccc2c(-c3ccccc3-c3ccccc3)c3ccccc3c(-c3ccc(-c4ccc5ccccc5c4)cc3)c2c1. The van der Waals surface area contributed by atoms with Crippen LogP contribution in [0.2, 0.25) is 0 Å². The molecule has 0 aliphatic heterocycles. The number of fused-ring (bicyclic) bond motifs is 3. The number of hydrogen-bond acceptors (Lipinski definition) is 0. The van der Waals surface area contributed by atoms with E-state index in [-0.39, 0.29) is 5.41 Å². The summed E-state index contributed by atoms with van der Waals surface area (Å²) in [4.78, 5) is 0. The average molecular weight is 589 g/mol. The zero-order chi connectivity index (χ0) is 31.3. The third kappa shape index (κ3) is 4.88. The number of benzene rings is 8. The standard InChI is InChI=1S/C46H36/c1-46(2,3)37-27-28-42-43(30-37)44(34-24-21-32(22-25-34)36-26-23-31-13-7-8-16-35(31)29-36)40-19-11-12-20-41(40)45(42)39-18-10-9-17-38(39)33-14-5-4-6-15-33/h4-30H,1-3H3. The normalized spacial score (nSPS) is 11.8. The van der Waals surface area contributed by atoms with Crippen molar-refractivity contribution in [3.8, 4) is 44.5 Å². The lowest BCUT2D eigenvalue weighted by atomic mass is 9.80. The fraction of sp³-hybridized carbons (Fsp3) is 0.0870. The Kier molecular flexibility index (Phi) is 6.80. The van der Waals surface area contributed by atoms with Crippen LogP contribution >= 0.6 is 0 Å². The summed E-state index contributed by atoms with van der Waals surface area (Å²) in [6, 6.07) is 60.3. The molecule has 0 saturated carbocycles. The first kappa shape index (κ1) is 28.0. The summed E-state index contributed by atoms with van der Waals surface area (Å²) in [5.41, 5.74) is 11.4. The molecule has 220 valence electrons. The predicted octanol–water partition coefficient (Wildman–Crippen LogP) is 13.1. The zero-order valence-electron chi connectivity index (χ0n) is 26.6. The van der Waals surface area contributed by atoms with E-state index < -0.39 is 0 Å². The third-order valence-corrected chi connectivity index (χ3v) is 9.43. The molecule has 8 rings (SSSR count). The Morgan fingerprint density at radius 3 is 1.63 bits per heavy atom. The second-order valence-electron chi connectivity index (χ2n) is 13.4. The zero-order valence-corrected chi connectivity index (χ0v) is 26.6. The van der Waals surface area contributed by atoms with Gasteiger partial charge in [-0.15, -0.1) is 0 Å². The van der Waals surface area contributed by atoms with Crippen LogP contribution in [0.3, 0.4) is 0 Å². The van der Waals surface area contributed by atoms with Crippen LogP contribution in [0.1, 0.15) is 26.3 Å². The van der Waals surface area contributed by atoms with Gasteiger partial charge in [0.2, 0.25) is 0 Å². The van der Waals surface area contributed by atoms with Crippen molar-refractivity contribution in [2.45, 2.75) is 26.2 Å². The summed E-state index contributed by atoms with van der Waals surface area (Å²) in [7, 11) is 0. The van der Waals surface area contributed by atoms with Gasteiger partial charge in [0.05, 0.1) is 0 Å². The second-order valence-corrected chi connectivity index (χ2v) is 13.4. The van der Waals surface area contributed by atoms with Crippen molar-refractivity contribution in [2.75, 3.05) is 0 Å². The van der Waals surface area contributed by atoms with E-state index in [1.165, 1.54) is 82.4 Å². The average Bonchev–Trinajstić information content (AvgIpc) is 3.10. The quantitative estimate of drug-likeness (QED) is 0.179. The molecule has 46 heavy (non-hydrogen) atoms. The highest BCUT2D eigenvalue weighted by Crippen LogP contribution is 2.47. The molecule has 0 atom stereocenters. The Morgan fingerprint density at radius 1 is 0.326 bits per heavy atom. The lowest BCUT2D eigenvalue weighted by Crippen LogP contribution is -2.10. The minimum absolute atomic E-state index is 0.0269. The van der Waals surface area contributed by atoms with Crippen molar-refractivity contribution >= 4 is 32.3 Å². The van der Waals surface area contributed by atoms with Crippen molar-refractivity contribution in [3.05, 3.63) is 169 Å². The van der Waals surface area contributed by atoms with E-state index in [1.807, 2.05) is 0 Å². The maximum atomic E-state index is 2.45. The maximum Gasteiger partial charge on any atom is -0.00201 e. The number of rotatable bonds is 4. The highest BCUT2D eigenvalue weighted by molar-refractivity contribution is 6.22. The van der Waals surface area contributed by atoms with Gasteiger partial charge in [-0.3, -0.25) is 0 Å². The van der Waals surface area contributed by atoms with Crippen LogP contribution in [0.15, 0.2) is 164 Å². The molecule has 0 N–H and O–H groups in total. The van der Waals surface area contributed by atoms with Gasteiger partial charge in [-0.1, -0.05) is 172 Å². The van der Waals surface area contributed by atoms with Gasteiger partial charge < -0.3 is 0 Å². The molecule has 0 fully saturated rings. The lowest BCUT2D eigenvalue weighted by molar-refractivity contribution is 0.591. The van der Waals surface area contributed by atoms with Gasteiger partial charge in [0.1, 0.15) is 0 Å². The van der Waals surface area contributed by atoms with Crippen LogP contribution in [-0.2, 0) is 5.41 Å². The fourth-order valence-electron chi connectivity index (χ4n) is 7.01. The smallest absolute Gasteiger partial charge is 0.00201 e. The predicted molar refractivity (Wildman–Crippen MR) is 199 cm³/mol. The minimum Gasteiger partial charge on any atom is -0.0622 e. The molecule has 0 amide bonds. The van der Waals surface area contributed by atoms with Gasteiger partial charge in [-0.25, -0.2) is 0 Å². The Morgan fingerprint density at radius 2 is 0.891 bits per heavy atom. The van der Waals surface area contributed by atoms with E-state index in [9.17, 15) is 0 Å². The topological polar surface area (TPSA) is 0 Å². The van der Waals surface area contributed by atoms with Crippen LogP contribution in [0.5, 0.6) is 0 Å². The first-order valence-corrected chi connectivity index (χ1v) is 16.2. The first-order valence-electron chi connectivity index (χ1n) is 16.2.